The zero-order valence-corrected chi connectivity index (χ0v) is 19.0. The van der Waals surface area contributed by atoms with E-state index in [4.69, 9.17) is 4.98 Å². The van der Waals surface area contributed by atoms with Crippen LogP contribution in [0.2, 0.25) is 0 Å². The van der Waals surface area contributed by atoms with Crippen LogP contribution >= 0.6 is 0 Å². The lowest BCUT2D eigenvalue weighted by atomic mass is 10.1. The molecule has 0 bridgehead atoms. The van der Waals surface area contributed by atoms with Crippen molar-refractivity contribution in [3.05, 3.63) is 78.1 Å². The molecule has 0 amide bonds. The molecule has 1 aliphatic heterocycles. The van der Waals surface area contributed by atoms with Crippen LogP contribution in [0.5, 0.6) is 0 Å². The third kappa shape index (κ3) is 3.38. The molecule has 0 radical (unpaired) electrons. The van der Waals surface area contributed by atoms with Gasteiger partial charge in [0, 0.05) is 29.6 Å². The van der Waals surface area contributed by atoms with E-state index in [-0.39, 0.29) is 0 Å². The zero-order chi connectivity index (χ0) is 23.3. The number of anilines is 1. The van der Waals surface area contributed by atoms with Gasteiger partial charge < -0.3 is 9.88 Å². The van der Waals surface area contributed by atoms with Crippen molar-refractivity contribution in [3.63, 3.8) is 0 Å². The molecule has 0 spiro atoms. The standard InChI is InChI=1S/C25H21N5O2S/c1-15(2)33(31,32)20-7-5-18(6-8-20)22-12-27-25-24(29-22)23(13-28-25)30-14-19-10-17(11-26)4-9-21(19)16(30)3/h4-10,12-13,15H,3,14H2,1-2H3,(H,27,28). The lowest BCUT2D eigenvalue weighted by Crippen LogP contribution is -2.13. The smallest absolute Gasteiger partial charge is 0.180 e. The van der Waals surface area contributed by atoms with Crippen molar-refractivity contribution in [2.24, 2.45) is 0 Å². The van der Waals surface area contributed by atoms with E-state index in [0.29, 0.717) is 33.9 Å². The highest BCUT2D eigenvalue weighted by molar-refractivity contribution is 7.92. The van der Waals surface area contributed by atoms with Gasteiger partial charge in [-0.25, -0.2) is 18.4 Å². The number of hydrogen-bond acceptors (Lipinski definition) is 6. The summed E-state index contributed by atoms with van der Waals surface area (Å²) in [6.07, 6.45) is 3.52. The first-order chi connectivity index (χ1) is 15.8. The lowest BCUT2D eigenvalue weighted by Gasteiger charge is -2.18. The topological polar surface area (TPSA) is 103 Å². The first-order valence-electron chi connectivity index (χ1n) is 10.5. The second kappa shape index (κ2) is 7.57. The Morgan fingerprint density at radius 1 is 1.18 bits per heavy atom. The van der Waals surface area contributed by atoms with Gasteiger partial charge in [0.25, 0.3) is 0 Å². The molecule has 0 fully saturated rings. The maximum Gasteiger partial charge on any atom is 0.180 e. The first kappa shape index (κ1) is 20.9. The molecule has 5 rings (SSSR count). The summed E-state index contributed by atoms with van der Waals surface area (Å²) in [5, 5.41) is 8.73. The van der Waals surface area contributed by atoms with Crippen LogP contribution in [0.25, 0.3) is 28.1 Å². The van der Waals surface area contributed by atoms with E-state index in [1.165, 1.54) is 0 Å². The summed E-state index contributed by atoms with van der Waals surface area (Å²) in [5.74, 6) is 0. The average molecular weight is 456 g/mol. The SMILES string of the molecule is C=C1c2ccc(C#N)cc2CN1c1c[nH]c2ncc(-c3ccc(S(=O)(=O)C(C)C)cc3)nc12. The number of H-pyrrole nitrogens is 1. The fraction of sp³-hybridized carbons (Fsp3) is 0.160. The van der Waals surface area contributed by atoms with E-state index >= 15 is 0 Å². The molecule has 164 valence electrons. The molecule has 33 heavy (non-hydrogen) atoms. The molecule has 1 N–H and O–H groups in total. The van der Waals surface area contributed by atoms with Crippen LogP contribution in [-0.2, 0) is 16.4 Å². The second-order valence-electron chi connectivity index (χ2n) is 8.26. The Morgan fingerprint density at radius 3 is 2.64 bits per heavy atom. The molecule has 0 unspecified atom stereocenters. The molecule has 2 aromatic carbocycles. The molecule has 0 atom stereocenters. The summed E-state index contributed by atoms with van der Waals surface area (Å²) >= 11 is 0. The monoisotopic (exact) mass is 455 g/mol. The van der Waals surface area contributed by atoms with Gasteiger partial charge in [-0.15, -0.1) is 0 Å². The Balaban J connectivity index is 1.52. The average Bonchev–Trinajstić information content (AvgIpc) is 3.38. The van der Waals surface area contributed by atoms with Crippen molar-refractivity contribution in [3.8, 4) is 17.3 Å². The van der Waals surface area contributed by atoms with Crippen LogP contribution in [0.3, 0.4) is 0 Å². The summed E-state index contributed by atoms with van der Waals surface area (Å²) in [6, 6.07) is 14.5. The molecule has 0 saturated heterocycles. The van der Waals surface area contributed by atoms with Gasteiger partial charge in [0.1, 0.15) is 5.52 Å². The Hall–Kier alpha value is -3.96. The van der Waals surface area contributed by atoms with Crippen molar-refractivity contribution >= 4 is 32.4 Å². The number of nitrogens with zero attached hydrogens (tertiary/aromatic N) is 4. The number of rotatable bonds is 4. The van der Waals surface area contributed by atoms with Crippen LogP contribution in [0.4, 0.5) is 5.69 Å². The minimum Gasteiger partial charge on any atom is -0.343 e. The molecule has 2 aromatic heterocycles. The van der Waals surface area contributed by atoms with Crippen molar-refractivity contribution in [2.45, 2.75) is 30.5 Å². The summed E-state index contributed by atoms with van der Waals surface area (Å²) in [5.41, 5.74) is 7.12. The highest BCUT2D eigenvalue weighted by Gasteiger charge is 2.26. The van der Waals surface area contributed by atoms with Gasteiger partial charge in [-0.3, -0.25) is 0 Å². The zero-order valence-electron chi connectivity index (χ0n) is 18.2. The molecule has 4 aromatic rings. The van der Waals surface area contributed by atoms with Gasteiger partial charge in [0.2, 0.25) is 0 Å². The summed E-state index contributed by atoms with van der Waals surface area (Å²) in [4.78, 5) is 14.9. The highest BCUT2D eigenvalue weighted by atomic mass is 32.2. The van der Waals surface area contributed by atoms with E-state index in [1.54, 1.807) is 50.4 Å². The third-order valence-corrected chi connectivity index (χ3v) is 8.12. The van der Waals surface area contributed by atoms with Crippen molar-refractivity contribution in [1.82, 2.24) is 15.0 Å². The normalized spacial score (nSPS) is 13.5. The number of hydrogen-bond donors (Lipinski definition) is 1. The highest BCUT2D eigenvalue weighted by Crippen LogP contribution is 2.39. The van der Waals surface area contributed by atoms with Crippen LogP contribution < -0.4 is 4.90 Å². The fourth-order valence-electron chi connectivity index (χ4n) is 4.03. The minimum atomic E-state index is -3.33. The summed E-state index contributed by atoms with van der Waals surface area (Å²) < 4.78 is 24.8. The number of nitrogens with one attached hydrogen (secondary N) is 1. The van der Waals surface area contributed by atoms with Crippen molar-refractivity contribution < 1.29 is 8.42 Å². The minimum absolute atomic E-state index is 0.292. The van der Waals surface area contributed by atoms with Gasteiger partial charge in [-0.05, 0) is 43.7 Å². The lowest BCUT2D eigenvalue weighted by molar-refractivity contribution is 0.587. The molecule has 3 heterocycles. The van der Waals surface area contributed by atoms with Crippen molar-refractivity contribution in [1.29, 1.82) is 5.26 Å². The van der Waals surface area contributed by atoms with E-state index in [9.17, 15) is 13.7 Å². The number of fused-ring (bicyclic) bond motifs is 2. The maximum atomic E-state index is 12.4. The van der Waals surface area contributed by atoms with Crippen LogP contribution in [0.15, 0.2) is 66.3 Å². The van der Waals surface area contributed by atoms with Crippen LogP contribution in [0.1, 0.15) is 30.5 Å². The summed E-state index contributed by atoms with van der Waals surface area (Å²) in [6.45, 7) is 8.17. The van der Waals surface area contributed by atoms with Crippen LogP contribution in [0, 0.1) is 11.3 Å². The second-order valence-corrected chi connectivity index (χ2v) is 10.8. The molecular weight excluding hydrogens is 434 g/mol. The van der Waals surface area contributed by atoms with Gasteiger partial charge in [0.15, 0.2) is 15.5 Å². The van der Waals surface area contributed by atoms with E-state index in [0.717, 1.165) is 28.1 Å². The number of sulfone groups is 1. The third-order valence-electron chi connectivity index (χ3n) is 5.95. The predicted molar refractivity (Wildman–Crippen MR) is 128 cm³/mol. The quantitative estimate of drug-likeness (QED) is 0.480. The largest absolute Gasteiger partial charge is 0.343 e. The van der Waals surface area contributed by atoms with Gasteiger partial charge in [-0.2, -0.15) is 5.26 Å². The van der Waals surface area contributed by atoms with Crippen LogP contribution in [-0.4, -0.2) is 28.6 Å². The van der Waals surface area contributed by atoms with E-state index in [2.05, 4.69) is 27.5 Å². The van der Waals surface area contributed by atoms with Gasteiger partial charge >= 0.3 is 0 Å². The Bertz CT molecular complexity index is 1560. The number of aromatic amines is 1. The molecule has 7 nitrogen and oxygen atoms in total. The van der Waals surface area contributed by atoms with Gasteiger partial charge in [-0.1, -0.05) is 24.8 Å². The number of aromatic nitrogens is 3. The Kier molecular flexibility index (Phi) is 4.80. The Labute approximate surface area is 192 Å². The number of benzene rings is 2. The van der Waals surface area contributed by atoms with Crippen molar-refractivity contribution in [2.75, 3.05) is 4.90 Å². The Morgan fingerprint density at radius 2 is 1.94 bits per heavy atom. The van der Waals surface area contributed by atoms with Gasteiger partial charge in [0.05, 0.1) is 39.4 Å². The molecular formula is C25H21N5O2S. The molecule has 0 aliphatic carbocycles. The summed E-state index contributed by atoms with van der Waals surface area (Å²) in [7, 11) is -3.33. The van der Waals surface area contributed by atoms with E-state index < -0.39 is 15.1 Å². The predicted octanol–water partition coefficient (Wildman–Crippen LogP) is 4.67. The first-order valence-corrected chi connectivity index (χ1v) is 12.0. The molecule has 8 heteroatoms. The maximum absolute atomic E-state index is 12.4. The van der Waals surface area contributed by atoms with E-state index in [1.807, 2.05) is 18.3 Å². The molecule has 1 aliphatic rings. The number of nitriles is 1. The fourth-order valence-corrected chi connectivity index (χ4v) is 5.09. The molecule has 0 saturated carbocycles.